The molecule has 1 N–H and O–H groups in total. The van der Waals surface area contributed by atoms with Gasteiger partial charge >= 0.3 is 0 Å². The molecule has 20 heavy (non-hydrogen) atoms. The summed E-state index contributed by atoms with van der Waals surface area (Å²) in [6.45, 7) is 11.5. The first-order valence-corrected chi connectivity index (χ1v) is 7.97. The molecule has 0 aliphatic heterocycles. The van der Waals surface area contributed by atoms with Crippen LogP contribution in [0.4, 0.5) is 0 Å². The number of rotatable bonds is 10. The van der Waals surface area contributed by atoms with Crippen LogP contribution in [-0.2, 0) is 0 Å². The first-order valence-electron chi connectivity index (χ1n) is 7.97. The van der Waals surface area contributed by atoms with E-state index in [-0.39, 0.29) is 5.54 Å². The highest BCUT2D eigenvalue weighted by molar-refractivity contribution is 5.16. The molecule has 0 heterocycles. The molecular formula is C16H32N4. The molecule has 0 radical (unpaired) electrons. The van der Waals surface area contributed by atoms with Crippen molar-refractivity contribution in [2.24, 2.45) is 11.8 Å². The SMILES string of the molecule is CCNC(C#N)(CN(CCN(C)C)CC(C)C)C1CC1. The minimum absolute atomic E-state index is 0.337. The maximum absolute atomic E-state index is 9.73. The topological polar surface area (TPSA) is 42.3 Å². The van der Waals surface area contributed by atoms with Crippen LogP contribution in [-0.4, -0.2) is 62.2 Å². The van der Waals surface area contributed by atoms with E-state index < -0.39 is 0 Å². The molecule has 1 saturated carbocycles. The van der Waals surface area contributed by atoms with Gasteiger partial charge in [0.15, 0.2) is 0 Å². The number of nitrogens with zero attached hydrogens (tertiary/aromatic N) is 3. The molecule has 0 aromatic carbocycles. The van der Waals surface area contributed by atoms with Gasteiger partial charge in [-0.25, -0.2) is 0 Å². The average Bonchev–Trinajstić information content (AvgIpc) is 3.19. The van der Waals surface area contributed by atoms with Gasteiger partial charge in [0, 0.05) is 26.2 Å². The third-order valence-electron chi connectivity index (χ3n) is 3.93. The van der Waals surface area contributed by atoms with Gasteiger partial charge < -0.3 is 4.90 Å². The zero-order valence-electron chi connectivity index (χ0n) is 13.9. The van der Waals surface area contributed by atoms with Crippen molar-refractivity contribution >= 4 is 0 Å². The van der Waals surface area contributed by atoms with Crippen LogP contribution < -0.4 is 5.32 Å². The van der Waals surface area contributed by atoms with E-state index in [9.17, 15) is 5.26 Å². The van der Waals surface area contributed by atoms with Gasteiger partial charge in [-0.15, -0.1) is 0 Å². The third-order valence-corrected chi connectivity index (χ3v) is 3.93. The van der Waals surface area contributed by atoms with Gasteiger partial charge in [0.1, 0.15) is 5.54 Å². The molecule has 0 saturated heterocycles. The monoisotopic (exact) mass is 280 g/mol. The predicted octanol–water partition coefficient (Wildman–Crippen LogP) is 1.79. The van der Waals surface area contributed by atoms with Crippen molar-refractivity contribution in [3.8, 4) is 6.07 Å². The molecule has 4 heteroatoms. The van der Waals surface area contributed by atoms with Gasteiger partial charge in [0.2, 0.25) is 0 Å². The predicted molar refractivity (Wildman–Crippen MR) is 84.6 cm³/mol. The van der Waals surface area contributed by atoms with Gasteiger partial charge in [0.05, 0.1) is 6.07 Å². The quantitative estimate of drug-likeness (QED) is 0.662. The van der Waals surface area contributed by atoms with Crippen LogP contribution in [0.1, 0.15) is 33.6 Å². The summed E-state index contributed by atoms with van der Waals surface area (Å²) in [5, 5.41) is 13.2. The summed E-state index contributed by atoms with van der Waals surface area (Å²) in [5.74, 6) is 1.18. The maximum atomic E-state index is 9.73. The fourth-order valence-corrected chi connectivity index (χ4v) is 2.83. The van der Waals surface area contributed by atoms with Crippen molar-refractivity contribution in [2.75, 3.05) is 46.8 Å². The van der Waals surface area contributed by atoms with Crippen molar-refractivity contribution < 1.29 is 0 Å². The van der Waals surface area contributed by atoms with E-state index in [1.807, 2.05) is 0 Å². The fourth-order valence-electron chi connectivity index (χ4n) is 2.83. The largest absolute Gasteiger partial charge is 0.308 e. The Kier molecular flexibility index (Phi) is 6.94. The lowest BCUT2D eigenvalue weighted by Gasteiger charge is -2.35. The molecule has 1 rings (SSSR count). The summed E-state index contributed by atoms with van der Waals surface area (Å²) < 4.78 is 0. The summed E-state index contributed by atoms with van der Waals surface area (Å²) in [6.07, 6.45) is 2.40. The Morgan fingerprint density at radius 3 is 2.35 bits per heavy atom. The number of nitrogens with one attached hydrogen (secondary N) is 1. The lowest BCUT2D eigenvalue weighted by molar-refractivity contribution is 0.167. The average molecular weight is 280 g/mol. The second-order valence-corrected chi connectivity index (χ2v) is 6.82. The molecule has 116 valence electrons. The molecule has 0 bridgehead atoms. The van der Waals surface area contributed by atoms with Crippen molar-refractivity contribution in [3.05, 3.63) is 0 Å². The lowest BCUT2D eigenvalue weighted by atomic mass is 9.93. The normalized spacial score (nSPS) is 18.6. The first kappa shape index (κ1) is 17.4. The zero-order chi connectivity index (χ0) is 15.2. The van der Waals surface area contributed by atoms with Crippen LogP contribution in [0.2, 0.25) is 0 Å². The molecule has 1 atom stereocenters. The van der Waals surface area contributed by atoms with Crippen molar-refractivity contribution in [1.82, 2.24) is 15.1 Å². The van der Waals surface area contributed by atoms with E-state index in [4.69, 9.17) is 0 Å². The molecule has 1 unspecified atom stereocenters. The lowest BCUT2D eigenvalue weighted by Crippen LogP contribution is -2.55. The van der Waals surface area contributed by atoms with Crippen LogP contribution >= 0.6 is 0 Å². The van der Waals surface area contributed by atoms with Gasteiger partial charge in [0.25, 0.3) is 0 Å². The molecular weight excluding hydrogens is 248 g/mol. The Bertz CT molecular complexity index is 317. The summed E-state index contributed by atoms with van der Waals surface area (Å²) in [5.41, 5.74) is -0.337. The fraction of sp³-hybridized carbons (Fsp3) is 0.938. The number of hydrogen-bond acceptors (Lipinski definition) is 4. The molecule has 4 nitrogen and oxygen atoms in total. The summed E-state index contributed by atoms with van der Waals surface area (Å²) in [6, 6.07) is 2.60. The van der Waals surface area contributed by atoms with Crippen LogP contribution in [0.25, 0.3) is 0 Å². The second-order valence-electron chi connectivity index (χ2n) is 6.82. The molecule has 1 fully saturated rings. The van der Waals surface area contributed by atoms with Crippen LogP contribution in [0.3, 0.4) is 0 Å². The van der Waals surface area contributed by atoms with E-state index in [0.29, 0.717) is 11.8 Å². The Morgan fingerprint density at radius 1 is 1.30 bits per heavy atom. The van der Waals surface area contributed by atoms with Gasteiger partial charge in [-0.2, -0.15) is 5.26 Å². The Hall–Kier alpha value is -0.630. The Morgan fingerprint density at radius 2 is 1.95 bits per heavy atom. The summed E-state index contributed by atoms with van der Waals surface area (Å²) in [4.78, 5) is 4.68. The third kappa shape index (κ3) is 5.40. The van der Waals surface area contributed by atoms with Crippen molar-refractivity contribution in [2.45, 2.75) is 39.2 Å². The summed E-state index contributed by atoms with van der Waals surface area (Å²) in [7, 11) is 4.21. The van der Waals surface area contributed by atoms with Gasteiger partial charge in [-0.05, 0) is 45.3 Å². The Balaban J connectivity index is 2.70. The molecule has 1 aliphatic rings. The second kappa shape index (κ2) is 7.97. The molecule has 1 aliphatic carbocycles. The first-order chi connectivity index (χ1) is 9.43. The van der Waals surface area contributed by atoms with E-state index in [2.05, 4.69) is 56.1 Å². The highest BCUT2D eigenvalue weighted by atomic mass is 15.2. The maximum Gasteiger partial charge on any atom is 0.122 e. The van der Waals surface area contributed by atoms with Crippen LogP contribution in [0, 0.1) is 23.2 Å². The number of likely N-dealkylation sites (N-methyl/N-ethyl adjacent to an activating group) is 2. The van der Waals surface area contributed by atoms with Gasteiger partial charge in [-0.3, -0.25) is 10.2 Å². The van der Waals surface area contributed by atoms with Crippen LogP contribution in [0.15, 0.2) is 0 Å². The van der Waals surface area contributed by atoms with E-state index in [0.717, 1.165) is 32.7 Å². The van der Waals surface area contributed by atoms with Crippen molar-refractivity contribution in [1.29, 1.82) is 5.26 Å². The van der Waals surface area contributed by atoms with E-state index >= 15 is 0 Å². The zero-order valence-corrected chi connectivity index (χ0v) is 13.9. The molecule has 0 spiro atoms. The number of nitriles is 1. The smallest absolute Gasteiger partial charge is 0.122 e. The molecule has 0 aromatic heterocycles. The van der Waals surface area contributed by atoms with Crippen molar-refractivity contribution in [3.63, 3.8) is 0 Å². The highest BCUT2D eigenvalue weighted by Crippen LogP contribution is 2.40. The standard InChI is InChI=1S/C16H32N4/c1-6-18-16(12-17,15-7-8-15)13-20(11-14(2)3)10-9-19(4)5/h14-15,18H,6-11,13H2,1-5H3. The van der Waals surface area contributed by atoms with Crippen LogP contribution in [0.5, 0.6) is 0 Å². The summed E-state index contributed by atoms with van der Waals surface area (Å²) >= 11 is 0. The minimum atomic E-state index is -0.337. The Labute approximate surface area is 125 Å². The van der Waals surface area contributed by atoms with E-state index in [1.165, 1.54) is 12.8 Å². The van der Waals surface area contributed by atoms with E-state index in [1.54, 1.807) is 0 Å². The molecule has 0 aromatic rings. The highest BCUT2D eigenvalue weighted by Gasteiger charge is 2.46. The number of hydrogen-bond donors (Lipinski definition) is 1. The van der Waals surface area contributed by atoms with Gasteiger partial charge in [-0.1, -0.05) is 20.8 Å². The molecule has 0 amide bonds. The minimum Gasteiger partial charge on any atom is -0.308 e.